The predicted octanol–water partition coefficient (Wildman–Crippen LogP) is 3.79. The van der Waals surface area contributed by atoms with Gasteiger partial charge in [0.25, 0.3) is 0 Å². The molecule has 164 valence electrons. The van der Waals surface area contributed by atoms with Gasteiger partial charge in [-0.05, 0) is 54.5 Å². The normalized spacial score (nSPS) is 17.5. The molecule has 3 aromatic rings. The number of rotatable bonds is 7. The molecule has 1 N–H and O–H groups in total. The highest BCUT2D eigenvalue weighted by Gasteiger charge is 2.28. The highest BCUT2D eigenvalue weighted by molar-refractivity contribution is 7.89. The molecule has 1 aromatic carbocycles. The average molecular weight is 461 g/mol. The number of sulfonamides is 1. The largest absolute Gasteiger partial charge is 0.339 e. The highest BCUT2D eigenvalue weighted by atomic mass is 32.2. The van der Waals surface area contributed by atoms with Gasteiger partial charge in [-0.25, -0.2) is 8.42 Å². The first-order chi connectivity index (χ1) is 14.9. The fraction of sp³-hybridized carbons (Fsp3) is 0.381. The lowest BCUT2D eigenvalue weighted by atomic mass is 10.0. The van der Waals surface area contributed by atoms with Crippen molar-refractivity contribution in [3.8, 4) is 11.4 Å². The summed E-state index contributed by atoms with van der Waals surface area (Å²) >= 11 is 1.55. The van der Waals surface area contributed by atoms with E-state index in [0.29, 0.717) is 42.8 Å². The predicted molar refractivity (Wildman–Crippen MR) is 118 cm³/mol. The summed E-state index contributed by atoms with van der Waals surface area (Å²) in [5.74, 6) is 1.06. The van der Waals surface area contributed by atoms with Crippen LogP contribution in [0.25, 0.3) is 11.4 Å². The summed E-state index contributed by atoms with van der Waals surface area (Å²) in [7, 11) is -3.51. The monoisotopic (exact) mass is 460 g/mol. The van der Waals surface area contributed by atoms with Crippen molar-refractivity contribution >= 4 is 33.0 Å². The van der Waals surface area contributed by atoms with Gasteiger partial charge in [-0.3, -0.25) is 4.79 Å². The van der Waals surface area contributed by atoms with Crippen LogP contribution < -0.4 is 5.32 Å². The number of carbonyl (C=O) groups excluding carboxylic acids is 1. The second-order valence-electron chi connectivity index (χ2n) is 7.71. The van der Waals surface area contributed by atoms with Crippen molar-refractivity contribution in [3.63, 3.8) is 0 Å². The third-order valence-electron chi connectivity index (χ3n) is 5.21. The van der Waals surface area contributed by atoms with E-state index >= 15 is 0 Å². The third kappa shape index (κ3) is 5.20. The molecule has 0 bridgehead atoms. The molecular weight excluding hydrogens is 436 g/mol. The molecule has 1 saturated heterocycles. The fourth-order valence-electron chi connectivity index (χ4n) is 3.53. The van der Waals surface area contributed by atoms with E-state index in [1.807, 2.05) is 16.8 Å². The van der Waals surface area contributed by atoms with Crippen LogP contribution in [0, 0.1) is 5.92 Å². The zero-order chi connectivity index (χ0) is 21.8. The molecule has 8 nitrogen and oxygen atoms in total. The molecule has 1 aliphatic rings. The van der Waals surface area contributed by atoms with Crippen molar-refractivity contribution in [1.29, 1.82) is 0 Å². The smallest absolute Gasteiger partial charge is 0.243 e. The summed E-state index contributed by atoms with van der Waals surface area (Å²) in [4.78, 5) is 16.8. The van der Waals surface area contributed by atoms with Crippen LogP contribution in [0.2, 0.25) is 0 Å². The van der Waals surface area contributed by atoms with E-state index < -0.39 is 10.0 Å². The molecule has 0 radical (unpaired) electrons. The van der Waals surface area contributed by atoms with Gasteiger partial charge >= 0.3 is 0 Å². The number of hydrogen-bond acceptors (Lipinski definition) is 7. The van der Waals surface area contributed by atoms with Crippen LogP contribution in [0.1, 0.15) is 32.1 Å². The van der Waals surface area contributed by atoms with Crippen LogP contribution in [-0.4, -0.2) is 41.9 Å². The van der Waals surface area contributed by atoms with Crippen LogP contribution in [-0.2, 0) is 21.2 Å². The Kier molecular flexibility index (Phi) is 6.49. The minimum atomic E-state index is -3.51. The molecular formula is C21H24N4O4S2. The van der Waals surface area contributed by atoms with Gasteiger partial charge in [0.2, 0.25) is 27.6 Å². The number of anilines is 1. The lowest BCUT2D eigenvalue weighted by Crippen LogP contribution is -2.39. The van der Waals surface area contributed by atoms with E-state index in [0.717, 1.165) is 18.4 Å². The zero-order valence-corrected chi connectivity index (χ0v) is 18.8. The molecule has 1 fully saturated rings. The number of nitrogens with one attached hydrogen (secondary N) is 1. The van der Waals surface area contributed by atoms with Gasteiger partial charge in [-0.2, -0.15) is 20.6 Å². The summed E-state index contributed by atoms with van der Waals surface area (Å²) in [6.07, 6.45) is 2.43. The third-order valence-corrected chi connectivity index (χ3v) is 7.77. The summed E-state index contributed by atoms with van der Waals surface area (Å²) in [5.41, 5.74) is 1.43. The average Bonchev–Trinajstić information content (AvgIpc) is 3.45. The molecule has 31 heavy (non-hydrogen) atoms. The number of carbonyl (C=O) groups is 1. The maximum absolute atomic E-state index is 12.8. The summed E-state index contributed by atoms with van der Waals surface area (Å²) in [5, 5.41) is 10.6. The maximum atomic E-state index is 12.8. The van der Waals surface area contributed by atoms with Crippen molar-refractivity contribution in [2.45, 2.75) is 37.5 Å². The minimum absolute atomic E-state index is 0.178. The number of hydrogen-bond donors (Lipinski definition) is 1. The number of nitrogens with zero attached hydrogens (tertiary/aromatic N) is 3. The van der Waals surface area contributed by atoms with E-state index in [-0.39, 0.29) is 17.2 Å². The molecule has 4 rings (SSSR count). The summed E-state index contributed by atoms with van der Waals surface area (Å²) < 4.78 is 32.4. The van der Waals surface area contributed by atoms with Gasteiger partial charge in [0, 0.05) is 42.6 Å². The van der Waals surface area contributed by atoms with Crippen molar-refractivity contribution in [2.75, 3.05) is 18.4 Å². The van der Waals surface area contributed by atoms with Crippen molar-refractivity contribution in [3.05, 3.63) is 47.0 Å². The van der Waals surface area contributed by atoms with Gasteiger partial charge in [0.05, 0.1) is 4.90 Å². The topological polar surface area (TPSA) is 105 Å². The van der Waals surface area contributed by atoms with Gasteiger partial charge < -0.3 is 9.84 Å². The Morgan fingerprint density at radius 1 is 1.29 bits per heavy atom. The molecule has 0 saturated carbocycles. The highest BCUT2D eigenvalue weighted by Crippen LogP contribution is 2.24. The minimum Gasteiger partial charge on any atom is -0.339 e. The number of amides is 1. The van der Waals surface area contributed by atoms with Crippen LogP contribution in [0.3, 0.4) is 0 Å². The first-order valence-electron chi connectivity index (χ1n) is 10.2. The van der Waals surface area contributed by atoms with E-state index in [4.69, 9.17) is 4.52 Å². The number of thiophene rings is 1. The number of aromatic nitrogens is 2. The van der Waals surface area contributed by atoms with E-state index in [2.05, 4.69) is 22.4 Å². The molecule has 1 amide bonds. The molecule has 1 aliphatic heterocycles. The molecule has 1 atom stereocenters. The van der Waals surface area contributed by atoms with Crippen molar-refractivity contribution in [2.24, 2.45) is 5.92 Å². The van der Waals surface area contributed by atoms with Crippen molar-refractivity contribution in [1.82, 2.24) is 14.4 Å². The first-order valence-corrected chi connectivity index (χ1v) is 12.6. The second kappa shape index (κ2) is 9.29. The van der Waals surface area contributed by atoms with Crippen molar-refractivity contribution < 1.29 is 17.7 Å². The molecule has 1 unspecified atom stereocenters. The number of aryl methyl sites for hydroxylation is 1. The van der Waals surface area contributed by atoms with E-state index in [9.17, 15) is 13.2 Å². The first kappa shape index (κ1) is 21.7. The summed E-state index contributed by atoms with van der Waals surface area (Å²) in [6, 6.07) is 8.20. The lowest BCUT2D eigenvalue weighted by molar-refractivity contribution is -0.116. The quantitative estimate of drug-likeness (QED) is 0.575. The van der Waals surface area contributed by atoms with Crippen LogP contribution in [0.4, 0.5) is 5.69 Å². The summed E-state index contributed by atoms with van der Waals surface area (Å²) in [6.45, 7) is 3.16. The Morgan fingerprint density at radius 3 is 2.81 bits per heavy atom. The Balaban J connectivity index is 1.32. The lowest BCUT2D eigenvalue weighted by Gasteiger charge is -2.30. The van der Waals surface area contributed by atoms with Gasteiger partial charge in [-0.1, -0.05) is 12.1 Å². The van der Waals surface area contributed by atoms with Crippen LogP contribution >= 0.6 is 11.3 Å². The Labute approximate surface area is 185 Å². The Hall–Kier alpha value is -2.56. The molecule has 0 spiro atoms. The zero-order valence-electron chi connectivity index (χ0n) is 17.2. The van der Waals surface area contributed by atoms with Gasteiger partial charge in [-0.15, -0.1) is 0 Å². The molecule has 2 aromatic heterocycles. The fourth-order valence-corrected chi connectivity index (χ4v) is 5.77. The van der Waals surface area contributed by atoms with E-state index in [1.165, 1.54) is 12.1 Å². The standard InChI is InChI=1S/C21H24N4O4S2/c1-15-3-2-11-25(13-15)31(27,28)18-6-4-17(5-7-18)22-19(26)8-9-20-23-21(24-29-20)16-10-12-30-14-16/h4-7,10,12,14-15H,2-3,8-9,11,13H2,1H3,(H,22,26). The Bertz CT molecular complexity index is 1120. The van der Waals surface area contributed by atoms with E-state index in [1.54, 1.807) is 27.8 Å². The second-order valence-corrected chi connectivity index (χ2v) is 10.4. The molecule has 0 aliphatic carbocycles. The van der Waals surface area contributed by atoms with Gasteiger partial charge in [0.15, 0.2) is 0 Å². The SMILES string of the molecule is CC1CCCN(S(=O)(=O)c2ccc(NC(=O)CCc3nc(-c4ccsc4)no3)cc2)C1. The van der Waals surface area contributed by atoms with Crippen LogP contribution in [0.5, 0.6) is 0 Å². The van der Waals surface area contributed by atoms with Crippen LogP contribution in [0.15, 0.2) is 50.5 Å². The Morgan fingerprint density at radius 2 is 2.10 bits per heavy atom. The number of benzene rings is 1. The molecule has 3 heterocycles. The maximum Gasteiger partial charge on any atom is 0.243 e. The molecule has 10 heteroatoms. The van der Waals surface area contributed by atoms with Gasteiger partial charge in [0.1, 0.15) is 0 Å². The number of piperidine rings is 1.